The summed E-state index contributed by atoms with van der Waals surface area (Å²) in [5, 5.41) is 10.2. The van der Waals surface area contributed by atoms with E-state index >= 15 is 0 Å². The van der Waals surface area contributed by atoms with E-state index in [1.807, 2.05) is 0 Å². The summed E-state index contributed by atoms with van der Waals surface area (Å²) in [5.41, 5.74) is 13.5. The number of nitrogens with zero attached hydrogens (tertiary/aromatic N) is 2. The van der Waals surface area contributed by atoms with Gasteiger partial charge in [-0.1, -0.05) is 0 Å². The minimum atomic E-state index is -0.187. The lowest BCUT2D eigenvalue weighted by molar-refractivity contribution is 0.0951. The van der Waals surface area contributed by atoms with Crippen molar-refractivity contribution in [2.45, 2.75) is 6.54 Å². The van der Waals surface area contributed by atoms with E-state index in [0.717, 1.165) is 16.5 Å². The van der Waals surface area contributed by atoms with Crippen LogP contribution < -0.4 is 16.8 Å². The molecule has 21 heavy (non-hydrogen) atoms. The Kier molecular flexibility index (Phi) is 3.15. The van der Waals surface area contributed by atoms with Gasteiger partial charge in [-0.25, -0.2) is 4.98 Å². The molecular weight excluding hydrogens is 268 g/mol. The molecule has 0 atom stereocenters. The van der Waals surface area contributed by atoms with E-state index in [2.05, 4.69) is 20.5 Å². The molecule has 0 bridgehead atoms. The first-order chi connectivity index (χ1) is 10.1. The molecule has 1 aromatic carbocycles. The highest BCUT2D eigenvalue weighted by Crippen LogP contribution is 2.19. The quantitative estimate of drug-likeness (QED) is 0.572. The van der Waals surface area contributed by atoms with Gasteiger partial charge in [0.05, 0.1) is 5.52 Å². The summed E-state index contributed by atoms with van der Waals surface area (Å²) in [7, 11) is 0. The number of aromatic nitrogens is 3. The second-order valence-corrected chi connectivity index (χ2v) is 4.64. The molecule has 0 saturated carbocycles. The van der Waals surface area contributed by atoms with Crippen LogP contribution in [0.1, 0.15) is 15.9 Å². The highest BCUT2D eigenvalue weighted by molar-refractivity contribution is 6.00. The maximum absolute atomic E-state index is 12.2. The van der Waals surface area contributed by atoms with Crippen molar-refractivity contribution in [2.24, 2.45) is 0 Å². The number of hydrogen-bond acceptors (Lipinski definition) is 5. The van der Waals surface area contributed by atoms with Gasteiger partial charge < -0.3 is 16.8 Å². The number of benzene rings is 1. The van der Waals surface area contributed by atoms with Crippen LogP contribution in [0.2, 0.25) is 0 Å². The van der Waals surface area contributed by atoms with Gasteiger partial charge in [0.2, 0.25) is 0 Å². The van der Waals surface area contributed by atoms with Crippen LogP contribution in [-0.4, -0.2) is 21.1 Å². The van der Waals surface area contributed by atoms with Gasteiger partial charge in [0.15, 0.2) is 5.82 Å². The lowest BCUT2D eigenvalue weighted by Crippen LogP contribution is -2.22. The van der Waals surface area contributed by atoms with Gasteiger partial charge in [-0.15, -0.1) is 0 Å². The average molecular weight is 282 g/mol. The monoisotopic (exact) mass is 282 g/mol. The minimum Gasteiger partial charge on any atom is -0.384 e. The van der Waals surface area contributed by atoms with Crippen molar-refractivity contribution in [3.63, 3.8) is 0 Å². The zero-order valence-corrected chi connectivity index (χ0v) is 11.1. The van der Waals surface area contributed by atoms with Crippen molar-refractivity contribution in [3.05, 3.63) is 47.7 Å². The topological polar surface area (TPSA) is 123 Å². The summed E-state index contributed by atoms with van der Waals surface area (Å²) >= 11 is 0. The van der Waals surface area contributed by atoms with E-state index in [9.17, 15) is 4.79 Å². The number of nitrogen functional groups attached to an aromatic ring is 2. The molecule has 7 heteroatoms. The van der Waals surface area contributed by atoms with Crippen molar-refractivity contribution in [3.8, 4) is 0 Å². The van der Waals surface area contributed by atoms with Crippen LogP contribution >= 0.6 is 0 Å². The number of pyridine rings is 1. The van der Waals surface area contributed by atoms with Crippen LogP contribution in [0, 0.1) is 0 Å². The maximum atomic E-state index is 12.2. The summed E-state index contributed by atoms with van der Waals surface area (Å²) < 4.78 is 0. The Bertz CT molecular complexity index is 810. The van der Waals surface area contributed by atoms with Gasteiger partial charge in [-0.05, 0) is 35.9 Å². The van der Waals surface area contributed by atoms with Gasteiger partial charge in [-0.2, -0.15) is 5.10 Å². The molecule has 0 radical (unpaired) electrons. The Labute approximate surface area is 120 Å². The largest absolute Gasteiger partial charge is 0.384 e. The molecule has 2 heterocycles. The molecular formula is C14H14N6O. The predicted molar refractivity (Wildman–Crippen MR) is 80.3 cm³/mol. The summed E-state index contributed by atoms with van der Waals surface area (Å²) in [6.07, 6.45) is 1.61. The first kappa shape index (κ1) is 12.9. The van der Waals surface area contributed by atoms with Crippen LogP contribution in [0.15, 0.2) is 36.5 Å². The van der Waals surface area contributed by atoms with Crippen molar-refractivity contribution in [1.82, 2.24) is 20.5 Å². The second-order valence-electron chi connectivity index (χ2n) is 4.64. The summed E-state index contributed by atoms with van der Waals surface area (Å²) in [4.78, 5) is 16.1. The zero-order valence-electron chi connectivity index (χ0n) is 11.1. The van der Waals surface area contributed by atoms with Crippen molar-refractivity contribution < 1.29 is 4.79 Å². The average Bonchev–Trinajstić information content (AvgIpc) is 2.86. The molecule has 3 aromatic rings. The Morgan fingerprint density at radius 2 is 2.10 bits per heavy atom. The van der Waals surface area contributed by atoms with E-state index in [1.165, 1.54) is 0 Å². The third kappa shape index (κ3) is 2.62. The summed E-state index contributed by atoms with van der Waals surface area (Å²) in [5.74, 6) is 0.615. The number of carbonyl (C=O) groups excluding carboxylic acids is 1. The van der Waals surface area contributed by atoms with Crippen LogP contribution in [0.3, 0.4) is 0 Å². The lowest BCUT2D eigenvalue weighted by Gasteiger charge is -2.06. The maximum Gasteiger partial charge on any atom is 0.251 e. The molecule has 6 N–H and O–H groups in total. The Morgan fingerprint density at radius 3 is 2.90 bits per heavy atom. The van der Waals surface area contributed by atoms with Crippen molar-refractivity contribution in [1.29, 1.82) is 0 Å². The molecule has 0 aliphatic heterocycles. The highest BCUT2D eigenvalue weighted by Gasteiger charge is 2.09. The van der Waals surface area contributed by atoms with Gasteiger partial charge in [-0.3, -0.25) is 9.89 Å². The highest BCUT2D eigenvalue weighted by atomic mass is 16.1. The number of anilines is 2. The molecule has 3 rings (SSSR count). The molecule has 0 saturated heterocycles. The molecule has 1 amide bonds. The second kappa shape index (κ2) is 5.12. The fraction of sp³-hybridized carbons (Fsp3) is 0.0714. The number of H-pyrrole nitrogens is 1. The SMILES string of the molecule is Nc1cc(CNC(=O)c2ccc3[nH]nc(N)c3c2)ccn1. The molecule has 0 aliphatic rings. The van der Waals surface area contributed by atoms with E-state index < -0.39 is 0 Å². The molecule has 0 aliphatic carbocycles. The number of hydrogen-bond donors (Lipinski definition) is 4. The molecule has 0 unspecified atom stereocenters. The first-order valence-electron chi connectivity index (χ1n) is 6.35. The van der Waals surface area contributed by atoms with Gasteiger partial charge in [0.1, 0.15) is 5.82 Å². The van der Waals surface area contributed by atoms with Crippen LogP contribution in [0.5, 0.6) is 0 Å². The van der Waals surface area contributed by atoms with Gasteiger partial charge in [0.25, 0.3) is 5.91 Å². The van der Waals surface area contributed by atoms with E-state index in [4.69, 9.17) is 11.5 Å². The number of rotatable bonds is 3. The molecule has 7 nitrogen and oxygen atoms in total. The number of aromatic amines is 1. The smallest absolute Gasteiger partial charge is 0.251 e. The Morgan fingerprint density at radius 1 is 1.24 bits per heavy atom. The number of nitrogens with one attached hydrogen (secondary N) is 2. The Balaban J connectivity index is 1.76. The minimum absolute atomic E-state index is 0.187. The van der Waals surface area contributed by atoms with E-state index in [1.54, 1.807) is 36.5 Å². The van der Waals surface area contributed by atoms with Crippen LogP contribution in [-0.2, 0) is 6.54 Å². The van der Waals surface area contributed by atoms with Crippen molar-refractivity contribution in [2.75, 3.05) is 11.5 Å². The normalized spacial score (nSPS) is 10.7. The number of carbonyl (C=O) groups is 1. The third-order valence-electron chi connectivity index (χ3n) is 3.15. The number of amides is 1. The van der Waals surface area contributed by atoms with Gasteiger partial charge in [0, 0.05) is 23.7 Å². The fourth-order valence-electron chi connectivity index (χ4n) is 2.06. The molecule has 0 fully saturated rings. The Hall–Kier alpha value is -3.09. The number of fused-ring (bicyclic) bond motifs is 1. The fourth-order valence-corrected chi connectivity index (χ4v) is 2.06. The summed E-state index contributed by atoms with van der Waals surface area (Å²) in [6.45, 7) is 0.379. The van der Waals surface area contributed by atoms with Crippen molar-refractivity contribution >= 4 is 28.4 Å². The van der Waals surface area contributed by atoms with Crippen LogP contribution in [0.4, 0.5) is 11.6 Å². The van der Waals surface area contributed by atoms with Gasteiger partial charge >= 0.3 is 0 Å². The zero-order chi connectivity index (χ0) is 14.8. The molecule has 0 spiro atoms. The summed E-state index contributed by atoms with van der Waals surface area (Å²) in [6, 6.07) is 8.73. The predicted octanol–water partition coefficient (Wildman–Crippen LogP) is 1.05. The molecule has 2 aromatic heterocycles. The van der Waals surface area contributed by atoms with E-state index in [0.29, 0.717) is 23.7 Å². The first-order valence-corrected chi connectivity index (χ1v) is 6.35. The lowest BCUT2D eigenvalue weighted by atomic mass is 10.1. The molecule has 106 valence electrons. The standard InChI is InChI=1S/C14H14N6O/c15-12-5-8(3-4-17-12)7-18-14(21)9-1-2-11-10(6-9)13(16)20-19-11/h1-6H,7H2,(H2,15,17)(H,18,21)(H3,16,19,20). The van der Waals surface area contributed by atoms with E-state index in [-0.39, 0.29) is 5.91 Å². The third-order valence-corrected chi connectivity index (χ3v) is 3.15. The number of nitrogens with two attached hydrogens (primary N) is 2. The van der Waals surface area contributed by atoms with Crippen LogP contribution in [0.25, 0.3) is 10.9 Å².